The monoisotopic (exact) mass is 356 g/mol. The molecule has 0 aliphatic heterocycles. The van der Waals surface area contributed by atoms with Crippen LogP contribution in [0.3, 0.4) is 0 Å². The van der Waals surface area contributed by atoms with Gasteiger partial charge in [-0.05, 0) is 19.3 Å². The molecule has 0 rings (SSSR count). The Morgan fingerprint density at radius 3 is 1.44 bits per heavy atom. The molecule has 0 saturated heterocycles. The average Bonchev–Trinajstić information content (AvgIpc) is 2.57. The van der Waals surface area contributed by atoms with Gasteiger partial charge in [0.05, 0.1) is 5.92 Å². The van der Waals surface area contributed by atoms with Gasteiger partial charge in [0.25, 0.3) is 0 Å². The van der Waals surface area contributed by atoms with Crippen LogP contribution in [0, 0.1) is 5.92 Å². The highest BCUT2D eigenvalue weighted by molar-refractivity contribution is 5.69. The highest BCUT2D eigenvalue weighted by Crippen LogP contribution is 2.19. The van der Waals surface area contributed by atoms with Gasteiger partial charge in [-0.3, -0.25) is 9.59 Å². The van der Waals surface area contributed by atoms with Gasteiger partial charge in [0, 0.05) is 6.42 Å². The standard InChI is InChI=1S/C21H40O4/c1-2-3-4-5-6-7-8-10-13-16-19(21(24)25)17-14-11-9-12-15-18-20(22)23/h19H,2-18H2,1H3,(H,22,23)(H,24,25). The second kappa shape index (κ2) is 17.8. The zero-order chi connectivity index (χ0) is 18.8. The van der Waals surface area contributed by atoms with Crippen LogP contribution in [-0.2, 0) is 9.59 Å². The van der Waals surface area contributed by atoms with E-state index < -0.39 is 11.9 Å². The van der Waals surface area contributed by atoms with Crippen molar-refractivity contribution in [2.24, 2.45) is 5.92 Å². The van der Waals surface area contributed by atoms with Crippen molar-refractivity contribution in [2.45, 2.75) is 116 Å². The van der Waals surface area contributed by atoms with Crippen LogP contribution in [0.2, 0.25) is 0 Å². The molecule has 1 atom stereocenters. The SMILES string of the molecule is CCCCCCCCCCCC(CCCCCCCC(=O)O)C(=O)O. The first-order chi connectivity index (χ1) is 12.1. The lowest BCUT2D eigenvalue weighted by atomic mass is 9.94. The number of hydrogen-bond donors (Lipinski definition) is 2. The predicted molar refractivity (Wildman–Crippen MR) is 103 cm³/mol. The summed E-state index contributed by atoms with van der Waals surface area (Å²) < 4.78 is 0. The molecule has 148 valence electrons. The number of carbonyl (C=O) groups is 2. The van der Waals surface area contributed by atoms with Crippen LogP contribution < -0.4 is 0 Å². The Morgan fingerprint density at radius 1 is 0.640 bits per heavy atom. The second-order valence-corrected chi connectivity index (χ2v) is 7.35. The molecule has 0 saturated carbocycles. The van der Waals surface area contributed by atoms with Gasteiger partial charge >= 0.3 is 11.9 Å². The van der Waals surface area contributed by atoms with E-state index in [4.69, 9.17) is 5.11 Å². The van der Waals surface area contributed by atoms with Crippen molar-refractivity contribution in [3.63, 3.8) is 0 Å². The molecule has 0 bridgehead atoms. The quantitative estimate of drug-likeness (QED) is 0.262. The molecule has 0 aromatic rings. The predicted octanol–water partition coefficient (Wildman–Crippen LogP) is 6.42. The third-order valence-electron chi connectivity index (χ3n) is 4.95. The largest absolute Gasteiger partial charge is 0.481 e. The fourth-order valence-corrected chi connectivity index (χ4v) is 3.29. The zero-order valence-electron chi connectivity index (χ0n) is 16.3. The second-order valence-electron chi connectivity index (χ2n) is 7.35. The third-order valence-corrected chi connectivity index (χ3v) is 4.95. The third kappa shape index (κ3) is 17.6. The lowest BCUT2D eigenvalue weighted by Gasteiger charge is -2.12. The molecule has 0 spiro atoms. The molecule has 0 fully saturated rings. The van der Waals surface area contributed by atoms with Gasteiger partial charge in [0.2, 0.25) is 0 Å². The summed E-state index contributed by atoms with van der Waals surface area (Å²) in [6.45, 7) is 2.23. The summed E-state index contributed by atoms with van der Waals surface area (Å²) in [5, 5.41) is 17.9. The van der Waals surface area contributed by atoms with E-state index in [1.165, 1.54) is 44.9 Å². The number of unbranched alkanes of at least 4 members (excludes halogenated alkanes) is 12. The molecule has 4 heteroatoms. The van der Waals surface area contributed by atoms with Crippen LogP contribution in [0.4, 0.5) is 0 Å². The maximum Gasteiger partial charge on any atom is 0.306 e. The number of aliphatic carboxylic acids is 2. The molecule has 0 aromatic carbocycles. The smallest absolute Gasteiger partial charge is 0.306 e. The Hall–Kier alpha value is -1.06. The minimum absolute atomic E-state index is 0.191. The van der Waals surface area contributed by atoms with E-state index in [1.807, 2.05) is 0 Å². The first-order valence-corrected chi connectivity index (χ1v) is 10.5. The van der Waals surface area contributed by atoms with Gasteiger partial charge in [-0.25, -0.2) is 0 Å². The van der Waals surface area contributed by atoms with E-state index in [1.54, 1.807) is 0 Å². The minimum atomic E-state index is -0.730. The normalized spacial score (nSPS) is 12.2. The van der Waals surface area contributed by atoms with Gasteiger partial charge in [-0.15, -0.1) is 0 Å². The Balaban J connectivity index is 3.52. The average molecular weight is 357 g/mol. The van der Waals surface area contributed by atoms with E-state index in [0.29, 0.717) is 0 Å². The minimum Gasteiger partial charge on any atom is -0.481 e. The Bertz CT molecular complexity index is 328. The molecule has 2 N–H and O–H groups in total. The highest BCUT2D eigenvalue weighted by Gasteiger charge is 2.16. The van der Waals surface area contributed by atoms with Crippen LogP contribution >= 0.6 is 0 Å². The molecule has 0 aliphatic carbocycles. The molecular weight excluding hydrogens is 316 g/mol. The molecule has 0 radical (unpaired) electrons. The van der Waals surface area contributed by atoms with Crippen molar-refractivity contribution in [3.8, 4) is 0 Å². The first kappa shape index (κ1) is 23.9. The van der Waals surface area contributed by atoms with E-state index in [-0.39, 0.29) is 12.3 Å². The van der Waals surface area contributed by atoms with Crippen LogP contribution in [0.25, 0.3) is 0 Å². The lowest BCUT2D eigenvalue weighted by Crippen LogP contribution is -2.13. The fraction of sp³-hybridized carbons (Fsp3) is 0.905. The van der Waals surface area contributed by atoms with E-state index in [9.17, 15) is 14.7 Å². The van der Waals surface area contributed by atoms with Gasteiger partial charge in [-0.2, -0.15) is 0 Å². The summed E-state index contributed by atoms with van der Waals surface area (Å²) in [6, 6.07) is 0. The number of rotatable bonds is 19. The van der Waals surface area contributed by atoms with Crippen molar-refractivity contribution in [2.75, 3.05) is 0 Å². The summed E-state index contributed by atoms with van der Waals surface area (Å²) in [5.41, 5.74) is 0. The topological polar surface area (TPSA) is 74.6 Å². The molecule has 25 heavy (non-hydrogen) atoms. The fourth-order valence-electron chi connectivity index (χ4n) is 3.29. The summed E-state index contributed by atoms with van der Waals surface area (Å²) in [4.78, 5) is 21.8. The molecule has 0 aliphatic rings. The van der Waals surface area contributed by atoms with Crippen molar-refractivity contribution in [1.29, 1.82) is 0 Å². The molecule has 1 unspecified atom stereocenters. The van der Waals surface area contributed by atoms with Gasteiger partial charge in [-0.1, -0.05) is 90.4 Å². The summed E-state index contributed by atoms with van der Waals surface area (Å²) >= 11 is 0. The summed E-state index contributed by atoms with van der Waals surface area (Å²) in [7, 11) is 0. The lowest BCUT2D eigenvalue weighted by molar-refractivity contribution is -0.142. The van der Waals surface area contributed by atoms with Gasteiger partial charge in [0.15, 0.2) is 0 Å². The number of hydrogen-bond acceptors (Lipinski definition) is 2. The van der Waals surface area contributed by atoms with Crippen LogP contribution in [0.5, 0.6) is 0 Å². The molecule has 4 nitrogen and oxygen atoms in total. The van der Waals surface area contributed by atoms with Crippen molar-refractivity contribution in [1.82, 2.24) is 0 Å². The van der Waals surface area contributed by atoms with Crippen LogP contribution in [0.15, 0.2) is 0 Å². The van der Waals surface area contributed by atoms with E-state index in [0.717, 1.165) is 57.8 Å². The van der Waals surface area contributed by atoms with Crippen LogP contribution in [0.1, 0.15) is 116 Å². The maximum absolute atomic E-state index is 11.3. The zero-order valence-corrected chi connectivity index (χ0v) is 16.3. The van der Waals surface area contributed by atoms with E-state index in [2.05, 4.69) is 6.92 Å². The van der Waals surface area contributed by atoms with Crippen molar-refractivity contribution >= 4 is 11.9 Å². The maximum atomic E-state index is 11.3. The number of carboxylic acid groups (broad SMARTS) is 2. The summed E-state index contributed by atoms with van der Waals surface area (Å²) in [5.74, 6) is -1.57. The Labute approximate surface area is 154 Å². The Morgan fingerprint density at radius 2 is 1.04 bits per heavy atom. The van der Waals surface area contributed by atoms with Crippen molar-refractivity contribution in [3.05, 3.63) is 0 Å². The molecule has 0 heterocycles. The first-order valence-electron chi connectivity index (χ1n) is 10.5. The molecule has 0 aromatic heterocycles. The van der Waals surface area contributed by atoms with Crippen LogP contribution in [-0.4, -0.2) is 22.2 Å². The highest BCUT2D eigenvalue weighted by atomic mass is 16.4. The molecular formula is C21H40O4. The van der Waals surface area contributed by atoms with E-state index >= 15 is 0 Å². The van der Waals surface area contributed by atoms with Crippen molar-refractivity contribution < 1.29 is 19.8 Å². The summed E-state index contributed by atoms with van der Waals surface area (Å²) in [6.07, 6.45) is 17.8. The van der Waals surface area contributed by atoms with Gasteiger partial charge < -0.3 is 10.2 Å². The van der Waals surface area contributed by atoms with Gasteiger partial charge in [0.1, 0.15) is 0 Å². The number of carboxylic acids is 2. The molecule has 0 amide bonds. The Kier molecular flexibility index (Phi) is 17.0.